The summed E-state index contributed by atoms with van der Waals surface area (Å²) in [7, 11) is 0. The van der Waals surface area contributed by atoms with E-state index >= 15 is 4.39 Å². The number of benzene rings is 1. The molecule has 2 heterocycles. The van der Waals surface area contributed by atoms with E-state index < -0.39 is 62.1 Å². The zero-order valence-corrected chi connectivity index (χ0v) is 22.1. The molecule has 0 amide bonds. The number of nitrogens with two attached hydrogens (primary N) is 1. The summed E-state index contributed by atoms with van der Waals surface area (Å²) in [6, 6.07) is 8.80. The van der Waals surface area contributed by atoms with E-state index in [1.54, 1.807) is 51.1 Å². The molecule has 3 rings (SSSR count). The van der Waals surface area contributed by atoms with Crippen LogP contribution in [0.15, 0.2) is 47.4 Å². The maximum Gasteiger partial charge on any atom is 0.349 e. The van der Waals surface area contributed by atoms with Gasteiger partial charge in [0.1, 0.15) is 30.4 Å². The summed E-state index contributed by atoms with van der Waals surface area (Å²) in [6.07, 6.45) is -6.32. The Morgan fingerprint density at radius 1 is 1.32 bits per heavy atom. The fourth-order valence-corrected chi connectivity index (χ4v) is 5.92. The number of nitrogens with zero attached hydrogens (tertiary/aromatic N) is 2. The number of ether oxygens (including phenoxy) is 2. The number of nitrogens with one attached hydrogen (secondary N) is 1. The lowest BCUT2D eigenvalue weighted by Gasteiger charge is -2.32. The van der Waals surface area contributed by atoms with Crippen molar-refractivity contribution >= 4 is 24.3 Å². The number of aromatic nitrogens is 2. The van der Waals surface area contributed by atoms with E-state index in [2.05, 4.69) is 10.1 Å². The van der Waals surface area contributed by atoms with E-state index in [0.29, 0.717) is 5.75 Å². The summed E-state index contributed by atoms with van der Waals surface area (Å²) < 4.78 is 53.4. The standard InChI is InChI=1S/C22H31F2N4O7PS/c1-13(2)33-20(30)14(3)27-36(37,35-15-7-5-4-6-8-15)32-12-22(24)19(29)18(23)16(34-22)11-28-10-9-17(25)26-21(28)31/h4-10,13-14,16,18-20,29-30H,11-12H2,1-3H3,(H,27,37)(H2,25,26,31)/t14-,16+,18-,19+,20?,22-,36-/m1/s1. The monoisotopic (exact) mass is 564 g/mol. The average Bonchev–Trinajstić information content (AvgIpc) is 3.03. The van der Waals surface area contributed by atoms with Gasteiger partial charge in [-0.25, -0.2) is 18.7 Å². The highest BCUT2D eigenvalue weighted by Gasteiger charge is 2.57. The van der Waals surface area contributed by atoms with E-state index in [9.17, 15) is 19.4 Å². The molecule has 0 spiro atoms. The number of aliphatic hydroxyl groups is 2. The van der Waals surface area contributed by atoms with Crippen LogP contribution in [0.4, 0.5) is 14.6 Å². The first-order valence-corrected chi connectivity index (χ1v) is 14.1. The lowest BCUT2D eigenvalue weighted by molar-refractivity contribution is -0.192. The van der Waals surface area contributed by atoms with Crippen LogP contribution in [0, 0.1) is 0 Å². The lowest BCUT2D eigenvalue weighted by atomic mass is 10.1. The number of halogens is 2. The topological polar surface area (TPSA) is 150 Å². The van der Waals surface area contributed by atoms with E-state index in [-0.39, 0.29) is 11.9 Å². The van der Waals surface area contributed by atoms with Crippen LogP contribution in [-0.4, -0.2) is 69.0 Å². The number of alkyl halides is 2. The first-order chi connectivity index (χ1) is 17.3. The third-order valence-corrected chi connectivity index (χ3v) is 7.82. The Morgan fingerprint density at radius 3 is 2.62 bits per heavy atom. The van der Waals surface area contributed by atoms with Crippen molar-refractivity contribution in [3.05, 3.63) is 53.1 Å². The average molecular weight is 565 g/mol. The molecule has 37 heavy (non-hydrogen) atoms. The molecule has 11 nitrogen and oxygen atoms in total. The molecule has 0 saturated carbocycles. The summed E-state index contributed by atoms with van der Waals surface area (Å²) in [5.74, 6) is -2.76. The molecule has 1 fully saturated rings. The number of rotatable bonds is 12. The summed E-state index contributed by atoms with van der Waals surface area (Å²) >= 11 is 5.53. The lowest BCUT2D eigenvalue weighted by Crippen LogP contribution is -2.44. The number of nitrogen functional groups attached to an aromatic ring is 1. The van der Waals surface area contributed by atoms with Gasteiger partial charge in [0.15, 0.2) is 12.5 Å². The van der Waals surface area contributed by atoms with Crippen LogP contribution in [0.1, 0.15) is 20.8 Å². The number of anilines is 1. The van der Waals surface area contributed by atoms with Crippen LogP contribution in [0.2, 0.25) is 0 Å². The predicted molar refractivity (Wildman–Crippen MR) is 135 cm³/mol. The Morgan fingerprint density at radius 2 is 2.00 bits per heavy atom. The molecule has 1 aromatic carbocycles. The summed E-state index contributed by atoms with van der Waals surface area (Å²) in [5, 5.41) is 23.4. The zero-order chi connectivity index (χ0) is 27.4. The Balaban J connectivity index is 1.75. The maximum absolute atomic E-state index is 15.7. The van der Waals surface area contributed by atoms with Crippen LogP contribution in [0.25, 0.3) is 0 Å². The molecule has 1 aliphatic rings. The minimum Gasteiger partial charge on any atom is -0.433 e. The second-order valence-corrected chi connectivity index (χ2v) is 11.9. The van der Waals surface area contributed by atoms with Gasteiger partial charge >= 0.3 is 12.3 Å². The van der Waals surface area contributed by atoms with Crippen molar-refractivity contribution in [3.8, 4) is 5.75 Å². The quantitative estimate of drug-likeness (QED) is 0.220. The highest BCUT2D eigenvalue weighted by atomic mass is 32.5. The van der Waals surface area contributed by atoms with Crippen LogP contribution >= 0.6 is 6.64 Å². The van der Waals surface area contributed by atoms with Gasteiger partial charge in [-0.3, -0.25) is 4.57 Å². The van der Waals surface area contributed by atoms with E-state index in [0.717, 1.165) is 4.57 Å². The first kappa shape index (κ1) is 29.5. The minimum absolute atomic E-state index is 0.0338. The fraction of sp³-hybridized carbons (Fsp3) is 0.545. The van der Waals surface area contributed by atoms with Gasteiger partial charge in [0.2, 0.25) is 0 Å². The first-order valence-electron chi connectivity index (χ1n) is 11.4. The molecule has 0 bridgehead atoms. The maximum atomic E-state index is 15.7. The van der Waals surface area contributed by atoms with Crippen LogP contribution in [0.3, 0.4) is 0 Å². The smallest absolute Gasteiger partial charge is 0.349 e. The molecule has 1 aromatic heterocycles. The van der Waals surface area contributed by atoms with Gasteiger partial charge in [-0.15, -0.1) is 0 Å². The van der Waals surface area contributed by atoms with E-state index in [4.69, 9.17) is 36.1 Å². The van der Waals surface area contributed by atoms with Gasteiger partial charge in [-0.2, -0.15) is 4.98 Å². The molecular formula is C22H31F2N4O7PS. The van der Waals surface area contributed by atoms with Crippen molar-refractivity contribution in [1.29, 1.82) is 0 Å². The van der Waals surface area contributed by atoms with Gasteiger partial charge in [0, 0.05) is 6.20 Å². The Kier molecular flexibility index (Phi) is 9.75. The molecule has 1 saturated heterocycles. The molecule has 7 atom stereocenters. The largest absolute Gasteiger partial charge is 0.433 e. The van der Waals surface area contributed by atoms with Gasteiger partial charge in [0.05, 0.1) is 18.7 Å². The van der Waals surface area contributed by atoms with E-state index in [1.807, 2.05) is 0 Å². The van der Waals surface area contributed by atoms with Crippen molar-refractivity contribution in [2.24, 2.45) is 0 Å². The van der Waals surface area contributed by atoms with Crippen LogP contribution in [-0.2, 0) is 32.3 Å². The Bertz CT molecular complexity index is 1150. The third kappa shape index (κ3) is 7.74. The minimum atomic E-state index is -3.62. The number of hydrogen-bond acceptors (Lipinski definition) is 10. The van der Waals surface area contributed by atoms with Crippen LogP contribution in [0.5, 0.6) is 5.75 Å². The van der Waals surface area contributed by atoms with Crippen molar-refractivity contribution in [3.63, 3.8) is 0 Å². The van der Waals surface area contributed by atoms with Crippen LogP contribution < -0.4 is 21.0 Å². The number of hydrogen-bond donors (Lipinski definition) is 4. The van der Waals surface area contributed by atoms with Gasteiger partial charge in [0.25, 0.3) is 5.85 Å². The number of para-hydroxylation sites is 1. The molecule has 15 heteroatoms. The Labute approximate surface area is 217 Å². The van der Waals surface area contributed by atoms with Crippen molar-refractivity contribution in [1.82, 2.24) is 14.6 Å². The molecule has 5 N–H and O–H groups in total. The molecule has 1 aliphatic heterocycles. The molecule has 2 aromatic rings. The molecule has 1 unspecified atom stereocenters. The second-order valence-electron chi connectivity index (χ2n) is 8.79. The van der Waals surface area contributed by atoms with Gasteiger partial charge in [-0.05, 0) is 50.8 Å². The third-order valence-electron chi connectivity index (χ3n) is 5.32. The van der Waals surface area contributed by atoms with Gasteiger partial charge < -0.3 is 34.5 Å². The zero-order valence-electron chi connectivity index (χ0n) is 20.4. The Hall–Kier alpha value is -2.03. The second kappa shape index (κ2) is 12.2. The van der Waals surface area contributed by atoms with Crippen molar-refractivity contribution in [2.75, 3.05) is 12.3 Å². The molecular weight excluding hydrogens is 533 g/mol. The number of aliphatic hydroxyl groups excluding tert-OH is 2. The van der Waals surface area contributed by atoms with Crippen molar-refractivity contribution < 1.29 is 37.5 Å². The fourth-order valence-electron chi connectivity index (χ4n) is 3.45. The normalized spacial score (nSPS) is 27.1. The highest BCUT2D eigenvalue weighted by molar-refractivity contribution is 8.09. The summed E-state index contributed by atoms with van der Waals surface area (Å²) in [6.45, 7) is -0.0479. The molecule has 206 valence electrons. The highest BCUT2D eigenvalue weighted by Crippen LogP contribution is 2.48. The SMILES string of the molecule is CC(C)OC(O)[C@@H](C)N[P@@](=S)(OC[C@@]1(F)O[C@@H](Cn2ccc(N)nc2=O)[C@@H](F)[C@@H]1O)Oc1ccccc1. The molecule has 0 radical (unpaired) electrons. The van der Waals surface area contributed by atoms with Gasteiger partial charge in [-0.1, -0.05) is 18.2 Å². The van der Waals surface area contributed by atoms with Crippen molar-refractivity contribution in [2.45, 2.75) is 70.0 Å². The molecule has 0 aliphatic carbocycles. The summed E-state index contributed by atoms with van der Waals surface area (Å²) in [4.78, 5) is 15.5. The predicted octanol–water partition coefficient (Wildman–Crippen LogP) is 1.63. The van der Waals surface area contributed by atoms with E-state index in [1.165, 1.54) is 12.3 Å². The summed E-state index contributed by atoms with van der Waals surface area (Å²) in [5.41, 5.74) is 4.66.